The fourth-order valence-electron chi connectivity index (χ4n) is 2.96. The van der Waals surface area contributed by atoms with E-state index in [1.54, 1.807) is 12.1 Å². The van der Waals surface area contributed by atoms with Crippen LogP contribution in [0, 0.1) is 6.92 Å². The number of amides is 1. The van der Waals surface area contributed by atoms with Crippen LogP contribution in [-0.2, 0) is 14.8 Å². The third-order valence-electron chi connectivity index (χ3n) is 4.34. The predicted molar refractivity (Wildman–Crippen MR) is 103 cm³/mol. The highest BCUT2D eigenvalue weighted by molar-refractivity contribution is 7.89. The number of nitrogens with zero attached hydrogens (tertiary/aromatic N) is 1. The summed E-state index contributed by atoms with van der Waals surface area (Å²) >= 11 is 0. The summed E-state index contributed by atoms with van der Waals surface area (Å²) in [4.78, 5) is 14.5. The van der Waals surface area contributed by atoms with E-state index in [2.05, 4.69) is 14.9 Å². The predicted octanol–water partition coefficient (Wildman–Crippen LogP) is 2.51. The molecule has 0 atom stereocenters. The molecule has 6 nitrogen and oxygen atoms in total. The van der Waals surface area contributed by atoms with E-state index in [1.165, 1.54) is 18.9 Å². The first-order valence-electron chi connectivity index (χ1n) is 8.65. The molecule has 0 radical (unpaired) electrons. The third kappa shape index (κ3) is 4.62. The third-order valence-corrected chi connectivity index (χ3v) is 5.74. The van der Waals surface area contributed by atoms with Gasteiger partial charge in [0.1, 0.15) is 0 Å². The van der Waals surface area contributed by atoms with Gasteiger partial charge in [-0.2, -0.15) is 0 Å². The highest BCUT2D eigenvalue weighted by atomic mass is 32.2. The lowest BCUT2D eigenvalue weighted by atomic mass is 10.2. The van der Waals surface area contributed by atoms with Gasteiger partial charge in [0.2, 0.25) is 15.9 Å². The normalized spacial score (nSPS) is 14.4. The van der Waals surface area contributed by atoms with Gasteiger partial charge in [-0.1, -0.05) is 12.1 Å². The second-order valence-electron chi connectivity index (χ2n) is 6.43. The molecule has 0 aromatic heterocycles. The van der Waals surface area contributed by atoms with Crippen molar-refractivity contribution >= 4 is 27.3 Å². The second-order valence-corrected chi connectivity index (χ2v) is 8.20. The highest BCUT2D eigenvalue weighted by Gasteiger charge is 2.16. The lowest BCUT2D eigenvalue weighted by Crippen LogP contribution is -2.32. The minimum absolute atomic E-state index is 0.153. The van der Waals surface area contributed by atoms with Crippen LogP contribution in [0.1, 0.15) is 18.4 Å². The number of aryl methyl sites for hydroxylation is 1. The molecule has 1 aliphatic heterocycles. The van der Waals surface area contributed by atoms with Crippen molar-refractivity contribution < 1.29 is 13.2 Å². The average Bonchev–Trinajstić information content (AvgIpc) is 3.15. The molecule has 0 unspecified atom stereocenters. The smallest absolute Gasteiger partial charge is 0.241 e. The molecule has 0 saturated carbocycles. The Kier molecular flexibility index (Phi) is 5.58. The van der Waals surface area contributed by atoms with Crippen LogP contribution in [0.3, 0.4) is 0 Å². The zero-order chi connectivity index (χ0) is 18.6. The van der Waals surface area contributed by atoms with E-state index in [1.807, 2.05) is 37.3 Å². The molecule has 2 N–H and O–H groups in total. The molecule has 1 saturated heterocycles. The molecule has 0 bridgehead atoms. The van der Waals surface area contributed by atoms with Crippen molar-refractivity contribution in [1.82, 2.24) is 4.72 Å². The maximum Gasteiger partial charge on any atom is 0.241 e. The molecule has 7 heteroatoms. The first-order valence-corrected chi connectivity index (χ1v) is 10.1. The van der Waals surface area contributed by atoms with Gasteiger partial charge in [0.05, 0.1) is 11.4 Å². The van der Waals surface area contributed by atoms with Gasteiger partial charge in [-0.3, -0.25) is 4.79 Å². The van der Waals surface area contributed by atoms with E-state index in [0.29, 0.717) is 5.69 Å². The van der Waals surface area contributed by atoms with E-state index in [-0.39, 0.29) is 11.4 Å². The number of rotatable bonds is 6. The molecule has 2 aromatic rings. The van der Waals surface area contributed by atoms with Crippen LogP contribution < -0.4 is 14.9 Å². The number of hydrogen-bond donors (Lipinski definition) is 2. The Hall–Kier alpha value is -2.38. The number of carbonyl (C=O) groups is 1. The van der Waals surface area contributed by atoms with Crippen LogP contribution in [0.15, 0.2) is 53.4 Å². The van der Waals surface area contributed by atoms with Crippen molar-refractivity contribution in [2.45, 2.75) is 24.7 Å². The summed E-state index contributed by atoms with van der Waals surface area (Å²) in [5.74, 6) is -0.407. The Bertz CT molecular complexity index is 873. The molecule has 1 heterocycles. The van der Waals surface area contributed by atoms with Crippen molar-refractivity contribution in [1.29, 1.82) is 0 Å². The van der Waals surface area contributed by atoms with Crippen molar-refractivity contribution in [2.75, 3.05) is 29.9 Å². The molecule has 1 aliphatic rings. The minimum Gasteiger partial charge on any atom is -0.372 e. The summed E-state index contributed by atoms with van der Waals surface area (Å²) < 4.78 is 26.8. The van der Waals surface area contributed by atoms with Crippen LogP contribution in [0.25, 0.3) is 0 Å². The summed E-state index contributed by atoms with van der Waals surface area (Å²) in [6.07, 6.45) is 2.42. The van der Waals surface area contributed by atoms with E-state index in [4.69, 9.17) is 0 Å². The minimum atomic E-state index is -3.71. The molecule has 0 spiro atoms. The summed E-state index contributed by atoms with van der Waals surface area (Å²) in [5.41, 5.74) is 2.63. The molecule has 3 rings (SSSR count). The van der Waals surface area contributed by atoms with Gasteiger partial charge in [-0.05, 0) is 61.7 Å². The summed E-state index contributed by atoms with van der Waals surface area (Å²) in [6.45, 7) is 3.63. The van der Waals surface area contributed by atoms with E-state index in [0.717, 1.165) is 24.3 Å². The van der Waals surface area contributed by atoms with Crippen molar-refractivity contribution in [3.63, 3.8) is 0 Å². The Morgan fingerprint density at radius 3 is 2.42 bits per heavy atom. The number of nitrogens with one attached hydrogen (secondary N) is 2. The number of benzene rings is 2. The fourth-order valence-corrected chi connectivity index (χ4v) is 4.05. The fraction of sp³-hybridized carbons (Fsp3) is 0.316. The standard InChI is InChI=1S/C19H23N3O3S/c1-15-5-4-6-18(13-15)26(24,25)20-14-19(23)21-16-7-9-17(10-8-16)22-11-2-3-12-22/h4-10,13,20H,2-3,11-12,14H2,1H3,(H,21,23). The van der Waals surface area contributed by atoms with Gasteiger partial charge in [0, 0.05) is 24.5 Å². The summed E-state index contributed by atoms with van der Waals surface area (Å²) in [7, 11) is -3.71. The molecular weight excluding hydrogens is 350 g/mol. The summed E-state index contributed by atoms with van der Waals surface area (Å²) in [6, 6.07) is 14.2. The van der Waals surface area contributed by atoms with Gasteiger partial charge in [-0.15, -0.1) is 0 Å². The number of anilines is 2. The first-order chi connectivity index (χ1) is 12.4. The highest BCUT2D eigenvalue weighted by Crippen LogP contribution is 2.22. The topological polar surface area (TPSA) is 78.5 Å². The largest absolute Gasteiger partial charge is 0.372 e. The number of carbonyl (C=O) groups excluding carboxylic acids is 1. The molecule has 1 fully saturated rings. The van der Waals surface area contributed by atoms with E-state index >= 15 is 0 Å². The number of hydrogen-bond acceptors (Lipinski definition) is 4. The van der Waals surface area contributed by atoms with Crippen molar-refractivity contribution in [2.24, 2.45) is 0 Å². The summed E-state index contributed by atoms with van der Waals surface area (Å²) in [5, 5.41) is 2.71. The molecule has 0 aliphatic carbocycles. The zero-order valence-electron chi connectivity index (χ0n) is 14.7. The zero-order valence-corrected chi connectivity index (χ0v) is 15.6. The Morgan fingerprint density at radius 2 is 1.77 bits per heavy atom. The van der Waals surface area contributed by atoms with Gasteiger partial charge in [-0.25, -0.2) is 13.1 Å². The van der Waals surface area contributed by atoms with Crippen LogP contribution in [-0.4, -0.2) is 34.0 Å². The lowest BCUT2D eigenvalue weighted by Gasteiger charge is -2.17. The first kappa shape index (κ1) is 18.4. The monoisotopic (exact) mass is 373 g/mol. The van der Waals surface area contributed by atoms with Gasteiger partial charge in [0.15, 0.2) is 0 Å². The van der Waals surface area contributed by atoms with Crippen molar-refractivity contribution in [3.8, 4) is 0 Å². The Labute approximate surface area is 154 Å². The average molecular weight is 373 g/mol. The van der Waals surface area contributed by atoms with Gasteiger partial charge >= 0.3 is 0 Å². The lowest BCUT2D eigenvalue weighted by molar-refractivity contribution is -0.115. The second kappa shape index (κ2) is 7.88. The molecular formula is C19H23N3O3S. The molecule has 2 aromatic carbocycles. The molecule has 138 valence electrons. The van der Waals surface area contributed by atoms with Gasteiger partial charge in [0.25, 0.3) is 0 Å². The van der Waals surface area contributed by atoms with Crippen LogP contribution in [0.4, 0.5) is 11.4 Å². The van der Waals surface area contributed by atoms with Crippen molar-refractivity contribution in [3.05, 3.63) is 54.1 Å². The SMILES string of the molecule is Cc1cccc(S(=O)(=O)NCC(=O)Nc2ccc(N3CCCC3)cc2)c1. The quantitative estimate of drug-likeness (QED) is 0.816. The van der Waals surface area contributed by atoms with E-state index < -0.39 is 15.9 Å². The maximum atomic E-state index is 12.2. The number of sulfonamides is 1. The Morgan fingerprint density at radius 1 is 1.08 bits per heavy atom. The van der Waals surface area contributed by atoms with Gasteiger partial charge < -0.3 is 10.2 Å². The van der Waals surface area contributed by atoms with Crippen LogP contribution >= 0.6 is 0 Å². The van der Waals surface area contributed by atoms with E-state index in [9.17, 15) is 13.2 Å². The Balaban J connectivity index is 1.55. The molecule has 26 heavy (non-hydrogen) atoms. The molecule has 1 amide bonds. The van der Waals surface area contributed by atoms with Crippen LogP contribution in [0.5, 0.6) is 0 Å². The van der Waals surface area contributed by atoms with Crippen LogP contribution in [0.2, 0.25) is 0 Å². The maximum absolute atomic E-state index is 12.2.